The quantitative estimate of drug-likeness (QED) is 0.743. The van der Waals surface area contributed by atoms with Crippen molar-refractivity contribution in [3.05, 3.63) is 65.6 Å². The Bertz CT molecular complexity index is 807. The van der Waals surface area contributed by atoms with Gasteiger partial charge in [0.15, 0.2) is 0 Å². The van der Waals surface area contributed by atoms with Gasteiger partial charge < -0.3 is 9.88 Å². The maximum Gasteiger partial charge on any atom is 0.255 e. The first-order valence-corrected chi connectivity index (χ1v) is 7.11. The summed E-state index contributed by atoms with van der Waals surface area (Å²) in [5.41, 5.74) is 4.30. The molecule has 4 rings (SSSR count). The van der Waals surface area contributed by atoms with Crippen molar-refractivity contribution in [2.24, 2.45) is 0 Å². The molecular formula is C17H15N3O. The molecule has 3 aromatic rings. The highest BCUT2D eigenvalue weighted by Crippen LogP contribution is 2.27. The predicted molar refractivity (Wildman–Crippen MR) is 81.0 cm³/mol. The maximum atomic E-state index is 12.5. The van der Waals surface area contributed by atoms with Gasteiger partial charge in [-0.25, -0.2) is 0 Å². The summed E-state index contributed by atoms with van der Waals surface area (Å²) in [6.07, 6.45) is 4.21. The van der Waals surface area contributed by atoms with E-state index in [0.29, 0.717) is 12.1 Å². The monoisotopic (exact) mass is 277 g/mol. The number of para-hydroxylation sites is 1. The van der Waals surface area contributed by atoms with Crippen LogP contribution < -0.4 is 0 Å². The molecule has 3 heterocycles. The van der Waals surface area contributed by atoms with Crippen LogP contribution in [-0.4, -0.2) is 27.3 Å². The van der Waals surface area contributed by atoms with Crippen LogP contribution in [0.3, 0.4) is 0 Å². The number of rotatable bonds is 1. The highest BCUT2D eigenvalue weighted by Gasteiger charge is 2.24. The summed E-state index contributed by atoms with van der Waals surface area (Å²) in [4.78, 5) is 21.8. The zero-order valence-corrected chi connectivity index (χ0v) is 11.5. The van der Waals surface area contributed by atoms with Crippen molar-refractivity contribution in [3.63, 3.8) is 0 Å². The molecule has 21 heavy (non-hydrogen) atoms. The number of amides is 1. The first-order valence-electron chi connectivity index (χ1n) is 7.11. The van der Waals surface area contributed by atoms with Gasteiger partial charge in [0.1, 0.15) is 0 Å². The fraction of sp³-hybridized carbons (Fsp3) is 0.176. The molecule has 0 spiro atoms. The van der Waals surface area contributed by atoms with Gasteiger partial charge in [-0.1, -0.05) is 18.2 Å². The molecule has 0 fully saturated rings. The smallest absolute Gasteiger partial charge is 0.255 e. The molecule has 2 aromatic heterocycles. The van der Waals surface area contributed by atoms with Crippen molar-refractivity contribution >= 4 is 16.8 Å². The Morgan fingerprint density at radius 3 is 2.95 bits per heavy atom. The first kappa shape index (κ1) is 12.1. The SMILES string of the molecule is O=C(c1cccnc1)N1CCc2c([nH]c3ccccc23)C1. The second-order valence-corrected chi connectivity index (χ2v) is 5.35. The van der Waals surface area contributed by atoms with Crippen LogP contribution in [0, 0.1) is 0 Å². The Hall–Kier alpha value is -2.62. The number of carbonyl (C=O) groups excluding carboxylic acids is 1. The molecule has 0 unspecified atom stereocenters. The van der Waals surface area contributed by atoms with Crippen molar-refractivity contribution in [3.8, 4) is 0 Å². The molecule has 1 amide bonds. The normalized spacial score (nSPS) is 14.2. The predicted octanol–water partition coefficient (Wildman–Crippen LogP) is 2.76. The van der Waals surface area contributed by atoms with E-state index >= 15 is 0 Å². The number of hydrogen-bond acceptors (Lipinski definition) is 2. The average molecular weight is 277 g/mol. The van der Waals surface area contributed by atoms with E-state index in [4.69, 9.17) is 0 Å². The number of pyridine rings is 1. The molecule has 4 nitrogen and oxygen atoms in total. The lowest BCUT2D eigenvalue weighted by molar-refractivity contribution is 0.0732. The number of aromatic nitrogens is 2. The molecule has 4 heteroatoms. The van der Waals surface area contributed by atoms with Crippen LogP contribution in [0.2, 0.25) is 0 Å². The minimum Gasteiger partial charge on any atom is -0.357 e. The summed E-state index contributed by atoms with van der Waals surface area (Å²) in [6.45, 7) is 1.39. The molecular weight excluding hydrogens is 262 g/mol. The zero-order chi connectivity index (χ0) is 14.2. The van der Waals surface area contributed by atoms with Gasteiger partial charge in [0.25, 0.3) is 5.91 Å². The molecule has 0 saturated heterocycles. The number of benzene rings is 1. The Morgan fingerprint density at radius 2 is 2.10 bits per heavy atom. The van der Waals surface area contributed by atoms with Crippen LogP contribution in [0.15, 0.2) is 48.8 Å². The summed E-state index contributed by atoms with van der Waals surface area (Å²) in [5.74, 6) is 0.0485. The van der Waals surface area contributed by atoms with E-state index in [1.807, 2.05) is 17.0 Å². The lowest BCUT2D eigenvalue weighted by Gasteiger charge is -2.27. The average Bonchev–Trinajstić information content (AvgIpc) is 2.92. The number of nitrogens with one attached hydrogen (secondary N) is 1. The van der Waals surface area contributed by atoms with Gasteiger partial charge in [-0.3, -0.25) is 9.78 Å². The van der Waals surface area contributed by atoms with Gasteiger partial charge >= 0.3 is 0 Å². The first-order chi connectivity index (χ1) is 10.3. The molecule has 1 aliphatic heterocycles. The number of aromatic amines is 1. The summed E-state index contributed by atoms with van der Waals surface area (Å²) in [6, 6.07) is 11.9. The molecule has 1 aliphatic rings. The maximum absolute atomic E-state index is 12.5. The largest absolute Gasteiger partial charge is 0.357 e. The second-order valence-electron chi connectivity index (χ2n) is 5.35. The highest BCUT2D eigenvalue weighted by atomic mass is 16.2. The summed E-state index contributed by atoms with van der Waals surface area (Å²) in [5, 5.41) is 1.28. The minimum atomic E-state index is 0.0485. The van der Waals surface area contributed by atoms with Crippen LogP contribution in [0.1, 0.15) is 21.6 Å². The Morgan fingerprint density at radius 1 is 1.19 bits per heavy atom. The van der Waals surface area contributed by atoms with E-state index in [-0.39, 0.29) is 5.91 Å². The minimum absolute atomic E-state index is 0.0485. The molecule has 0 atom stereocenters. The molecule has 0 saturated carbocycles. The lowest BCUT2D eigenvalue weighted by atomic mass is 10.0. The number of hydrogen-bond donors (Lipinski definition) is 1. The van der Waals surface area contributed by atoms with Gasteiger partial charge in [0, 0.05) is 35.5 Å². The van der Waals surface area contributed by atoms with Gasteiger partial charge in [-0.2, -0.15) is 0 Å². The third-order valence-electron chi connectivity index (χ3n) is 4.08. The summed E-state index contributed by atoms with van der Waals surface area (Å²) >= 11 is 0. The lowest BCUT2D eigenvalue weighted by Crippen LogP contribution is -2.35. The third-order valence-corrected chi connectivity index (χ3v) is 4.08. The van der Waals surface area contributed by atoms with Gasteiger partial charge in [0.2, 0.25) is 0 Å². The van der Waals surface area contributed by atoms with Crippen molar-refractivity contribution < 1.29 is 4.79 Å². The Labute approximate surface area is 122 Å². The van der Waals surface area contributed by atoms with E-state index in [2.05, 4.69) is 28.2 Å². The van der Waals surface area contributed by atoms with Crippen molar-refractivity contribution in [1.82, 2.24) is 14.9 Å². The van der Waals surface area contributed by atoms with E-state index in [1.54, 1.807) is 18.5 Å². The van der Waals surface area contributed by atoms with Crippen molar-refractivity contribution in [2.45, 2.75) is 13.0 Å². The summed E-state index contributed by atoms with van der Waals surface area (Å²) < 4.78 is 0. The second kappa shape index (κ2) is 4.74. The van der Waals surface area contributed by atoms with Crippen molar-refractivity contribution in [2.75, 3.05) is 6.54 Å². The standard InChI is InChI=1S/C17H15N3O/c21-17(12-4-3-8-18-10-12)20-9-7-14-13-5-1-2-6-15(13)19-16(14)11-20/h1-6,8,10,19H,7,9,11H2. The van der Waals surface area contributed by atoms with E-state index < -0.39 is 0 Å². The molecule has 0 bridgehead atoms. The summed E-state index contributed by atoms with van der Waals surface area (Å²) in [7, 11) is 0. The van der Waals surface area contributed by atoms with Gasteiger partial charge in [0.05, 0.1) is 12.1 Å². The zero-order valence-electron chi connectivity index (χ0n) is 11.5. The topological polar surface area (TPSA) is 49.0 Å². The fourth-order valence-electron chi connectivity index (χ4n) is 3.04. The number of carbonyl (C=O) groups is 1. The highest BCUT2D eigenvalue weighted by molar-refractivity contribution is 5.94. The Kier molecular flexibility index (Phi) is 2.74. The molecule has 1 N–H and O–H groups in total. The molecule has 0 radical (unpaired) electrons. The molecule has 0 aliphatic carbocycles. The fourth-order valence-corrected chi connectivity index (χ4v) is 3.04. The van der Waals surface area contributed by atoms with E-state index in [0.717, 1.165) is 24.2 Å². The van der Waals surface area contributed by atoms with E-state index in [1.165, 1.54) is 10.9 Å². The third kappa shape index (κ3) is 2.00. The van der Waals surface area contributed by atoms with Crippen LogP contribution >= 0.6 is 0 Å². The number of nitrogens with zero attached hydrogens (tertiary/aromatic N) is 2. The van der Waals surface area contributed by atoms with Crippen LogP contribution in [0.4, 0.5) is 0 Å². The molecule has 104 valence electrons. The number of H-pyrrole nitrogens is 1. The van der Waals surface area contributed by atoms with Crippen LogP contribution in [0.25, 0.3) is 10.9 Å². The van der Waals surface area contributed by atoms with Gasteiger partial charge in [-0.15, -0.1) is 0 Å². The number of fused-ring (bicyclic) bond motifs is 3. The van der Waals surface area contributed by atoms with E-state index in [9.17, 15) is 4.79 Å². The van der Waals surface area contributed by atoms with Crippen LogP contribution in [0.5, 0.6) is 0 Å². The van der Waals surface area contributed by atoms with Crippen molar-refractivity contribution in [1.29, 1.82) is 0 Å². The van der Waals surface area contributed by atoms with Crippen LogP contribution in [-0.2, 0) is 13.0 Å². The molecule has 1 aromatic carbocycles. The Balaban J connectivity index is 1.66. The van der Waals surface area contributed by atoms with Gasteiger partial charge in [-0.05, 0) is 30.2 Å².